The summed E-state index contributed by atoms with van der Waals surface area (Å²) >= 11 is 0. The van der Waals surface area contributed by atoms with Gasteiger partial charge in [-0.25, -0.2) is 4.79 Å². The molecule has 3 amide bonds. The molecule has 1 unspecified atom stereocenters. The lowest BCUT2D eigenvalue weighted by atomic mass is 9.67. The summed E-state index contributed by atoms with van der Waals surface area (Å²) in [6, 6.07) is 6.57. The number of rotatable bonds is 3. The van der Waals surface area contributed by atoms with E-state index in [2.05, 4.69) is 23.3 Å². The SMILES string of the molecule is CN(c1cccc2c(C3CCC(=O)NC3=O)nn(C)c12)C1CCC2(CC1)CN(C(=O)OC(C)(C)C)C2. The van der Waals surface area contributed by atoms with E-state index in [0.717, 1.165) is 61.1 Å². The van der Waals surface area contributed by atoms with Crippen LogP contribution < -0.4 is 10.2 Å². The van der Waals surface area contributed by atoms with Gasteiger partial charge in [0.25, 0.3) is 0 Å². The van der Waals surface area contributed by atoms with E-state index in [0.29, 0.717) is 18.9 Å². The maximum absolute atomic E-state index is 12.5. The number of benzene rings is 1. The number of piperidine rings is 1. The molecular formula is C27H37N5O4. The van der Waals surface area contributed by atoms with E-state index in [4.69, 9.17) is 9.84 Å². The van der Waals surface area contributed by atoms with Crippen LogP contribution in [-0.2, 0) is 21.4 Å². The van der Waals surface area contributed by atoms with Crippen LogP contribution in [-0.4, -0.2) is 64.4 Å². The largest absolute Gasteiger partial charge is 0.444 e. The number of aromatic nitrogens is 2. The summed E-state index contributed by atoms with van der Waals surface area (Å²) in [5, 5.41) is 8.17. The topological polar surface area (TPSA) is 96.8 Å². The molecule has 0 bridgehead atoms. The fraction of sp³-hybridized carbons (Fsp3) is 0.630. The molecule has 0 radical (unpaired) electrons. The second-order valence-electron chi connectivity index (χ2n) is 11.9. The molecule has 1 spiro atoms. The molecular weight excluding hydrogens is 458 g/mol. The van der Waals surface area contributed by atoms with Crippen molar-refractivity contribution in [3.05, 3.63) is 23.9 Å². The van der Waals surface area contributed by atoms with Crippen molar-refractivity contribution >= 4 is 34.5 Å². The normalized spacial score (nSPS) is 22.5. The smallest absolute Gasteiger partial charge is 0.410 e. The first kappa shape index (κ1) is 24.6. The average molecular weight is 496 g/mol. The van der Waals surface area contributed by atoms with Gasteiger partial charge >= 0.3 is 6.09 Å². The summed E-state index contributed by atoms with van der Waals surface area (Å²) in [6.07, 6.45) is 4.92. The third kappa shape index (κ3) is 4.44. The molecule has 1 aromatic heterocycles. The van der Waals surface area contributed by atoms with Crippen molar-refractivity contribution in [3.63, 3.8) is 0 Å². The molecule has 2 aromatic rings. The number of fused-ring (bicyclic) bond motifs is 1. The summed E-state index contributed by atoms with van der Waals surface area (Å²) < 4.78 is 7.40. The van der Waals surface area contributed by atoms with E-state index in [1.54, 1.807) is 0 Å². The van der Waals surface area contributed by atoms with Gasteiger partial charge in [0.2, 0.25) is 11.8 Å². The molecule has 9 heteroatoms. The summed E-state index contributed by atoms with van der Waals surface area (Å²) in [6.45, 7) is 7.27. The Balaban J connectivity index is 1.28. The fourth-order valence-corrected chi connectivity index (χ4v) is 6.17. The van der Waals surface area contributed by atoms with Gasteiger partial charge in [0.1, 0.15) is 5.60 Å². The van der Waals surface area contributed by atoms with Crippen LogP contribution in [0.5, 0.6) is 0 Å². The van der Waals surface area contributed by atoms with Crippen molar-refractivity contribution in [2.75, 3.05) is 25.0 Å². The molecule has 1 aliphatic carbocycles. The number of anilines is 1. The van der Waals surface area contributed by atoms with Gasteiger partial charge < -0.3 is 14.5 Å². The van der Waals surface area contributed by atoms with Crippen molar-refractivity contribution in [3.8, 4) is 0 Å². The Morgan fingerprint density at radius 3 is 2.50 bits per heavy atom. The molecule has 1 N–H and O–H groups in total. The highest BCUT2D eigenvalue weighted by Gasteiger charge is 2.48. The highest BCUT2D eigenvalue weighted by Crippen LogP contribution is 2.46. The number of para-hydroxylation sites is 1. The second-order valence-corrected chi connectivity index (χ2v) is 11.9. The van der Waals surface area contributed by atoms with Crippen LogP contribution in [0.3, 0.4) is 0 Å². The number of likely N-dealkylation sites (tertiary alicyclic amines) is 1. The number of carbonyl (C=O) groups is 3. The zero-order chi connectivity index (χ0) is 25.8. The molecule has 36 heavy (non-hydrogen) atoms. The van der Waals surface area contributed by atoms with Gasteiger partial charge in [0.05, 0.1) is 22.8 Å². The quantitative estimate of drug-likeness (QED) is 0.652. The highest BCUT2D eigenvalue weighted by molar-refractivity contribution is 6.03. The predicted octanol–water partition coefficient (Wildman–Crippen LogP) is 3.71. The molecule has 1 saturated carbocycles. The summed E-state index contributed by atoms with van der Waals surface area (Å²) in [4.78, 5) is 40.7. The Bertz CT molecular complexity index is 1200. The Morgan fingerprint density at radius 2 is 1.86 bits per heavy atom. The van der Waals surface area contributed by atoms with Crippen LogP contribution >= 0.6 is 0 Å². The number of nitrogens with one attached hydrogen (secondary N) is 1. The van der Waals surface area contributed by atoms with Crippen LogP contribution in [0.4, 0.5) is 10.5 Å². The Morgan fingerprint density at radius 1 is 1.17 bits per heavy atom. The lowest BCUT2D eigenvalue weighted by Gasteiger charge is -2.54. The summed E-state index contributed by atoms with van der Waals surface area (Å²) in [5.74, 6) is -0.885. The first-order valence-corrected chi connectivity index (χ1v) is 13.0. The van der Waals surface area contributed by atoms with Crippen LogP contribution in [0.15, 0.2) is 18.2 Å². The van der Waals surface area contributed by atoms with Crippen molar-refractivity contribution in [2.24, 2.45) is 12.5 Å². The minimum atomic E-state index is -0.467. The summed E-state index contributed by atoms with van der Waals surface area (Å²) in [7, 11) is 4.06. The van der Waals surface area contributed by atoms with Gasteiger partial charge in [-0.2, -0.15) is 5.10 Å². The number of amides is 3. The van der Waals surface area contributed by atoms with Crippen molar-refractivity contribution in [2.45, 2.75) is 76.9 Å². The van der Waals surface area contributed by atoms with Crippen LogP contribution in [0, 0.1) is 5.41 Å². The van der Waals surface area contributed by atoms with Gasteiger partial charge in [-0.1, -0.05) is 12.1 Å². The zero-order valence-corrected chi connectivity index (χ0v) is 22.0. The van der Waals surface area contributed by atoms with E-state index >= 15 is 0 Å². The Kier molecular flexibility index (Phi) is 6.00. The van der Waals surface area contributed by atoms with Gasteiger partial charge in [0.15, 0.2) is 0 Å². The van der Waals surface area contributed by atoms with Gasteiger partial charge in [-0.05, 0) is 58.9 Å². The van der Waals surface area contributed by atoms with E-state index in [1.807, 2.05) is 49.5 Å². The molecule has 9 nitrogen and oxygen atoms in total. The number of ether oxygens (including phenoxy) is 1. The maximum Gasteiger partial charge on any atom is 0.410 e. The lowest BCUT2D eigenvalue weighted by molar-refractivity contribution is -0.134. The third-order valence-corrected chi connectivity index (χ3v) is 8.09. The third-order valence-electron chi connectivity index (χ3n) is 8.09. The van der Waals surface area contributed by atoms with Crippen LogP contribution in [0.2, 0.25) is 0 Å². The molecule has 3 aliphatic rings. The number of hydrogen-bond donors (Lipinski definition) is 1. The number of carbonyl (C=O) groups excluding carboxylic acids is 3. The Labute approximate surface area is 212 Å². The van der Waals surface area contributed by atoms with Crippen molar-refractivity contribution < 1.29 is 19.1 Å². The minimum absolute atomic E-state index is 0.206. The number of hydrogen-bond acceptors (Lipinski definition) is 6. The monoisotopic (exact) mass is 495 g/mol. The van der Waals surface area contributed by atoms with Gasteiger partial charge in [-0.15, -0.1) is 0 Å². The first-order valence-electron chi connectivity index (χ1n) is 13.0. The molecule has 3 heterocycles. The zero-order valence-electron chi connectivity index (χ0n) is 22.0. The lowest BCUT2D eigenvalue weighted by Crippen LogP contribution is -2.61. The first-order chi connectivity index (χ1) is 17.0. The van der Waals surface area contributed by atoms with E-state index in [-0.39, 0.29) is 23.3 Å². The van der Waals surface area contributed by atoms with E-state index in [9.17, 15) is 14.4 Å². The van der Waals surface area contributed by atoms with E-state index in [1.165, 1.54) is 0 Å². The van der Waals surface area contributed by atoms with Gasteiger partial charge in [-0.3, -0.25) is 19.6 Å². The standard InChI is InChI=1S/C27H37N5O4/c1-26(2,3)36-25(35)32-15-27(16-32)13-11-17(12-14-27)30(4)20-8-6-7-18-22(29-31(5)23(18)20)19-9-10-21(33)28-24(19)34/h6-8,17,19H,9-16H2,1-5H3,(H,28,33,34). The average Bonchev–Trinajstić information content (AvgIpc) is 3.12. The molecule has 1 atom stereocenters. The number of nitrogens with zero attached hydrogens (tertiary/aromatic N) is 4. The molecule has 194 valence electrons. The molecule has 2 saturated heterocycles. The molecule has 1 aromatic carbocycles. The number of aryl methyl sites for hydroxylation is 1. The molecule has 2 aliphatic heterocycles. The van der Waals surface area contributed by atoms with Crippen molar-refractivity contribution in [1.82, 2.24) is 20.0 Å². The minimum Gasteiger partial charge on any atom is -0.444 e. The van der Waals surface area contributed by atoms with Crippen LogP contribution in [0.25, 0.3) is 10.9 Å². The molecule has 3 fully saturated rings. The Hall–Kier alpha value is -3.10. The van der Waals surface area contributed by atoms with E-state index < -0.39 is 11.5 Å². The summed E-state index contributed by atoms with van der Waals surface area (Å²) in [5.41, 5.74) is 2.61. The maximum atomic E-state index is 12.5. The number of imide groups is 1. The fourth-order valence-electron chi connectivity index (χ4n) is 6.17. The molecule has 5 rings (SSSR count). The van der Waals surface area contributed by atoms with Crippen molar-refractivity contribution in [1.29, 1.82) is 0 Å². The predicted molar refractivity (Wildman–Crippen MR) is 137 cm³/mol. The van der Waals surface area contributed by atoms with Crippen LogP contribution in [0.1, 0.15) is 70.9 Å². The second kappa shape index (κ2) is 8.78. The highest BCUT2D eigenvalue weighted by atomic mass is 16.6. The van der Waals surface area contributed by atoms with Gasteiger partial charge in [0, 0.05) is 50.4 Å².